The zero-order valence-corrected chi connectivity index (χ0v) is 6.46. The molecule has 2 N–H and O–H groups in total. The van der Waals surface area contributed by atoms with Gasteiger partial charge in [0.25, 0.3) is 0 Å². The molecule has 2 nitrogen and oxygen atoms in total. The molecule has 1 atom stereocenters. The van der Waals surface area contributed by atoms with E-state index in [0.717, 1.165) is 5.69 Å². The molecular weight excluding hydrogens is 138 g/mol. The van der Waals surface area contributed by atoms with E-state index in [9.17, 15) is 5.11 Å². The first kappa shape index (κ1) is 6.92. The highest BCUT2D eigenvalue weighted by atomic mass is 16.3. The fourth-order valence-corrected chi connectivity index (χ4v) is 1.54. The Morgan fingerprint density at radius 1 is 1.55 bits per heavy atom. The second-order valence-corrected chi connectivity index (χ2v) is 3.26. The van der Waals surface area contributed by atoms with E-state index in [-0.39, 0.29) is 6.10 Å². The van der Waals surface area contributed by atoms with E-state index < -0.39 is 0 Å². The van der Waals surface area contributed by atoms with E-state index in [0.29, 0.717) is 5.92 Å². The molecule has 0 spiro atoms. The molecule has 11 heavy (non-hydrogen) atoms. The van der Waals surface area contributed by atoms with Gasteiger partial charge in [-0.25, -0.2) is 0 Å². The van der Waals surface area contributed by atoms with Gasteiger partial charge in [0.2, 0.25) is 0 Å². The van der Waals surface area contributed by atoms with Crippen LogP contribution in [0.5, 0.6) is 0 Å². The Morgan fingerprint density at radius 3 is 2.82 bits per heavy atom. The van der Waals surface area contributed by atoms with E-state index in [1.165, 1.54) is 19.3 Å². The molecule has 1 unspecified atom stereocenters. The minimum Gasteiger partial charge on any atom is -0.387 e. The largest absolute Gasteiger partial charge is 0.387 e. The van der Waals surface area contributed by atoms with Gasteiger partial charge in [0.1, 0.15) is 0 Å². The molecule has 1 aliphatic carbocycles. The van der Waals surface area contributed by atoms with Crippen molar-refractivity contribution in [1.82, 2.24) is 4.98 Å². The summed E-state index contributed by atoms with van der Waals surface area (Å²) in [6.45, 7) is 0. The molecule has 1 aliphatic rings. The highest BCUT2D eigenvalue weighted by molar-refractivity contribution is 5.08. The van der Waals surface area contributed by atoms with Crippen molar-refractivity contribution in [3.05, 3.63) is 24.0 Å². The van der Waals surface area contributed by atoms with Crippen molar-refractivity contribution in [2.75, 3.05) is 0 Å². The SMILES string of the molecule is OC(c1ccc[nH]1)C1CCC1. The summed E-state index contributed by atoms with van der Waals surface area (Å²) in [5, 5.41) is 9.70. The van der Waals surface area contributed by atoms with Crippen LogP contribution in [0.3, 0.4) is 0 Å². The minimum absolute atomic E-state index is 0.251. The smallest absolute Gasteiger partial charge is 0.0965 e. The summed E-state index contributed by atoms with van der Waals surface area (Å²) in [6.07, 6.45) is 5.25. The lowest BCUT2D eigenvalue weighted by Gasteiger charge is -2.29. The van der Waals surface area contributed by atoms with Gasteiger partial charge in [0, 0.05) is 11.9 Å². The summed E-state index contributed by atoms with van der Waals surface area (Å²) in [5.41, 5.74) is 0.967. The normalized spacial score (nSPS) is 21.2. The summed E-state index contributed by atoms with van der Waals surface area (Å²) < 4.78 is 0. The van der Waals surface area contributed by atoms with Gasteiger partial charge in [0.05, 0.1) is 6.10 Å². The maximum Gasteiger partial charge on any atom is 0.0965 e. The third-order valence-corrected chi connectivity index (χ3v) is 2.54. The molecule has 0 bridgehead atoms. The molecular formula is C9H13NO. The van der Waals surface area contributed by atoms with Crippen LogP contribution in [0.1, 0.15) is 31.1 Å². The second-order valence-electron chi connectivity index (χ2n) is 3.26. The Bertz CT molecular complexity index is 213. The molecule has 2 heteroatoms. The van der Waals surface area contributed by atoms with Gasteiger partial charge in [0.15, 0.2) is 0 Å². The minimum atomic E-state index is -0.251. The Kier molecular flexibility index (Phi) is 1.70. The molecule has 1 aromatic heterocycles. The van der Waals surface area contributed by atoms with Crippen molar-refractivity contribution in [1.29, 1.82) is 0 Å². The predicted molar refractivity (Wildman–Crippen MR) is 43.1 cm³/mol. The lowest BCUT2D eigenvalue weighted by atomic mass is 9.80. The van der Waals surface area contributed by atoms with Gasteiger partial charge in [-0.2, -0.15) is 0 Å². The third-order valence-electron chi connectivity index (χ3n) is 2.54. The number of aliphatic hydroxyl groups excluding tert-OH is 1. The number of aliphatic hydroxyl groups is 1. The van der Waals surface area contributed by atoms with Crippen molar-refractivity contribution in [3.63, 3.8) is 0 Å². The van der Waals surface area contributed by atoms with Gasteiger partial charge in [-0.1, -0.05) is 6.42 Å². The molecule has 0 radical (unpaired) electrons. The van der Waals surface area contributed by atoms with Crippen LogP contribution >= 0.6 is 0 Å². The van der Waals surface area contributed by atoms with Gasteiger partial charge >= 0.3 is 0 Å². The Hall–Kier alpha value is -0.760. The highest BCUT2D eigenvalue weighted by Gasteiger charge is 2.26. The monoisotopic (exact) mass is 151 g/mol. The first-order valence-corrected chi connectivity index (χ1v) is 4.19. The Labute approximate surface area is 66.3 Å². The van der Waals surface area contributed by atoms with E-state index in [1.54, 1.807) is 0 Å². The molecule has 60 valence electrons. The van der Waals surface area contributed by atoms with Crippen molar-refractivity contribution in [2.24, 2.45) is 5.92 Å². The van der Waals surface area contributed by atoms with Crippen LogP contribution in [0.15, 0.2) is 18.3 Å². The first-order valence-electron chi connectivity index (χ1n) is 4.19. The van der Waals surface area contributed by atoms with Gasteiger partial charge < -0.3 is 10.1 Å². The topological polar surface area (TPSA) is 36.0 Å². The quantitative estimate of drug-likeness (QED) is 0.664. The number of hydrogen-bond acceptors (Lipinski definition) is 1. The third kappa shape index (κ3) is 1.18. The van der Waals surface area contributed by atoms with Gasteiger partial charge in [-0.05, 0) is 30.9 Å². The lowest BCUT2D eigenvalue weighted by molar-refractivity contribution is 0.0591. The number of nitrogens with one attached hydrogen (secondary N) is 1. The second kappa shape index (κ2) is 2.70. The summed E-state index contributed by atoms with van der Waals surface area (Å²) in [4.78, 5) is 3.04. The van der Waals surface area contributed by atoms with E-state index in [4.69, 9.17) is 0 Å². The average Bonchev–Trinajstić information content (AvgIpc) is 2.32. The fourth-order valence-electron chi connectivity index (χ4n) is 1.54. The van der Waals surface area contributed by atoms with Crippen molar-refractivity contribution >= 4 is 0 Å². The number of rotatable bonds is 2. The van der Waals surface area contributed by atoms with E-state index in [1.807, 2.05) is 18.3 Å². The molecule has 0 amide bonds. The lowest BCUT2D eigenvalue weighted by Crippen LogP contribution is -2.20. The molecule has 0 aromatic carbocycles. The molecule has 1 aromatic rings. The Balaban J connectivity index is 2.04. The molecule has 2 rings (SSSR count). The van der Waals surface area contributed by atoms with Crippen LogP contribution in [0.4, 0.5) is 0 Å². The van der Waals surface area contributed by atoms with Crippen LogP contribution in [0.2, 0.25) is 0 Å². The molecule has 1 heterocycles. The summed E-state index contributed by atoms with van der Waals surface area (Å²) >= 11 is 0. The zero-order chi connectivity index (χ0) is 7.68. The molecule has 1 fully saturated rings. The van der Waals surface area contributed by atoms with Gasteiger partial charge in [-0.3, -0.25) is 0 Å². The number of H-pyrrole nitrogens is 1. The first-order chi connectivity index (χ1) is 5.38. The van der Waals surface area contributed by atoms with Gasteiger partial charge in [-0.15, -0.1) is 0 Å². The van der Waals surface area contributed by atoms with Crippen LogP contribution in [-0.2, 0) is 0 Å². The number of aromatic nitrogens is 1. The summed E-state index contributed by atoms with van der Waals surface area (Å²) in [7, 11) is 0. The maximum absolute atomic E-state index is 9.70. The molecule has 0 aliphatic heterocycles. The highest BCUT2D eigenvalue weighted by Crippen LogP contribution is 2.36. The van der Waals surface area contributed by atoms with Crippen molar-refractivity contribution in [2.45, 2.75) is 25.4 Å². The zero-order valence-electron chi connectivity index (χ0n) is 6.46. The number of hydrogen-bond donors (Lipinski definition) is 2. The predicted octanol–water partition coefficient (Wildman–Crippen LogP) is 1.85. The summed E-state index contributed by atoms with van der Waals surface area (Å²) in [5.74, 6) is 0.508. The van der Waals surface area contributed by atoms with Crippen LogP contribution in [-0.4, -0.2) is 10.1 Å². The van der Waals surface area contributed by atoms with Crippen LogP contribution in [0, 0.1) is 5.92 Å². The number of aromatic amines is 1. The Morgan fingerprint density at radius 2 is 2.36 bits per heavy atom. The molecule has 0 saturated heterocycles. The van der Waals surface area contributed by atoms with E-state index in [2.05, 4.69) is 4.98 Å². The van der Waals surface area contributed by atoms with Crippen molar-refractivity contribution in [3.8, 4) is 0 Å². The fraction of sp³-hybridized carbons (Fsp3) is 0.556. The van der Waals surface area contributed by atoms with E-state index >= 15 is 0 Å². The summed E-state index contributed by atoms with van der Waals surface area (Å²) in [6, 6.07) is 3.88. The average molecular weight is 151 g/mol. The van der Waals surface area contributed by atoms with Crippen LogP contribution < -0.4 is 0 Å². The molecule has 1 saturated carbocycles. The maximum atomic E-state index is 9.70. The standard InChI is InChI=1S/C9H13NO/c11-9(7-3-1-4-7)8-5-2-6-10-8/h2,5-7,9-11H,1,3-4H2. The van der Waals surface area contributed by atoms with Crippen LogP contribution in [0.25, 0.3) is 0 Å². The van der Waals surface area contributed by atoms with Crippen molar-refractivity contribution < 1.29 is 5.11 Å².